The Labute approximate surface area is 123 Å². The Bertz CT molecular complexity index is 514. The molecule has 21 heavy (non-hydrogen) atoms. The Kier molecular flexibility index (Phi) is 6.02. The summed E-state index contributed by atoms with van der Waals surface area (Å²) in [5.41, 5.74) is -1.09. The van der Waals surface area contributed by atoms with Crippen LogP contribution >= 0.6 is 0 Å². The van der Waals surface area contributed by atoms with Crippen molar-refractivity contribution >= 4 is 11.8 Å². The van der Waals surface area contributed by atoms with Gasteiger partial charge in [0.1, 0.15) is 12.4 Å². The van der Waals surface area contributed by atoms with Crippen molar-refractivity contribution < 1.29 is 19.2 Å². The molecule has 6 heteroatoms. The van der Waals surface area contributed by atoms with Gasteiger partial charge in [0.25, 0.3) is 0 Å². The monoisotopic (exact) mass is 293 g/mol. The third-order valence-electron chi connectivity index (χ3n) is 3.42. The van der Waals surface area contributed by atoms with Crippen molar-refractivity contribution in [2.75, 3.05) is 0 Å². The molecule has 1 aromatic carbocycles. The van der Waals surface area contributed by atoms with Crippen molar-refractivity contribution in [1.29, 1.82) is 0 Å². The summed E-state index contributed by atoms with van der Waals surface area (Å²) in [6, 6.07) is 8.94. The summed E-state index contributed by atoms with van der Waals surface area (Å²) in [4.78, 5) is 33.9. The fourth-order valence-electron chi connectivity index (χ4n) is 1.96. The molecule has 1 aromatic rings. The largest absolute Gasteiger partial charge is 0.456 e. The molecule has 0 aliphatic carbocycles. The Morgan fingerprint density at radius 2 is 1.90 bits per heavy atom. The van der Waals surface area contributed by atoms with Crippen LogP contribution in [0.1, 0.15) is 38.7 Å². The maximum atomic E-state index is 12.1. The maximum absolute atomic E-state index is 12.1. The molecular weight excluding hydrogens is 274 g/mol. The molecule has 0 fully saturated rings. The van der Waals surface area contributed by atoms with Crippen molar-refractivity contribution in [2.45, 2.75) is 45.3 Å². The number of hydrogen-bond acceptors (Lipinski definition) is 5. The van der Waals surface area contributed by atoms with Gasteiger partial charge in [-0.05, 0) is 12.5 Å². The maximum Gasteiger partial charge on any atom is 0.385 e. The highest BCUT2D eigenvalue weighted by atomic mass is 16.6. The van der Waals surface area contributed by atoms with Gasteiger partial charge in [0, 0.05) is 24.2 Å². The van der Waals surface area contributed by atoms with Crippen LogP contribution in [0, 0.1) is 10.1 Å². The Morgan fingerprint density at radius 1 is 1.29 bits per heavy atom. The zero-order valence-corrected chi connectivity index (χ0v) is 12.2. The lowest BCUT2D eigenvalue weighted by Crippen LogP contribution is -2.47. The molecule has 0 radical (unpaired) electrons. The number of hydrogen-bond donors (Lipinski definition) is 0. The first kappa shape index (κ1) is 16.8. The van der Waals surface area contributed by atoms with E-state index in [1.54, 1.807) is 31.2 Å². The van der Waals surface area contributed by atoms with E-state index in [9.17, 15) is 19.7 Å². The van der Waals surface area contributed by atoms with Gasteiger partial charge in [-0.3, -0.25) is 10.1 Å². The second-order valence-electron chi connectivity index (χ2n) is 4.91. The van der Waals surface area contributed by atoms with Crippen molar-refractivity contribution in [3.8, 4) is 0 Å². The number of Topliss-reactive ketones (excluding diaryl/α,β-unsaturated/α-hetero) is 1. The van der Waals surface area contributed by atoms with Crippen LogP contribution in [0.15, 0.2) is 30.3 Å². The van der Waals surface area contributed by atoms with E-state index in [0.717, 1.165) is 5.56 Å². The number of rotatable bonds is 8. The molecule has 0 aliphatic rings. The van der Waals surface area contributed by atoms with Crippen LogP contribution in [0.4, 0.5) is 0 Å². The third kappa shape index (κ3) is 4.37. The highest BCUT2D eigenvalue weighted by molar-refractivity contribution is 5.81. The highest BCUT2D eigenvalue weighted by Crippen LogP contribution is 2.24. The molecule has 0 heterocycles. The van der Waals surface area contributed by atoms with E-state index in [-0.39, 0.29) is 31.7 Å². The number of ketones is 1. The molecular formula is C15H19NO5. The van der Waals surface area contributed by atoms with E-state index in [1.807, 2.05) is 6.07 Å². The minimum atomic E-state index is -1.85. The minimum Gasteiger partial charge on any atom is -0.456 e. The summed E-state index contributed by atoms with van der Waals surface area (Å²) in [6.45, 7) is 2.87. The Balaban J connectivity index is 2.80. The van der Waals surface area contributed by atoms with Crippen LogP contribution in [-0.4, -0.2) is 22.2 Å². The minimum absolute atomic E-state index is 0.0130. The lowest BCUT2D eigenvalue weighted by molar-refractivity contribution is -0.557. The van der Waals surface area contributed by atoms with Gasteiger partial charge < -0.3 is 9.53 Å². The molecule has 1 atom stereocenters. The summed E-state index contributed by atoms with van der Waals surface area (Å²) in [5.74, 6) is -1.08. The average Bonchev–Trinajstić information content (AvgIpc) is 2.46. The molecule has 0 unspecified atom stereocenters. The van der Waals surface area contributed by atoms with Crippen LogP contribution < -0.4 is 0 Å². The molecule has 0 saturated carbocycles. The standard InChI is InChI=1S/C15H19NO5/c1-3-15(16(19)20,10-9-12(2)17)14(18)21-11-13-7-5-4-6-8-13/h4-8H,3,9-11H2,1-2H3/t15-/m0/s1. The van der Waals surface area contributed by atoms with Crippen molar-refractivity contribution in [2.24, 2.45) is 0 Å². The van der Waals surface area contributed by atoms with Gasteiger partial charge in [0.05, 0.1) is 0 Å². The van der Waals surface area contributed by atoms with Gasteiger partial charge in [-0.15, -0.1) is 0 Å². The number of nitrogens with zero attached hydrogens (tertiary/aromatic N) is 1. The van der Waals surface area contributed by atoms with Gasteiger partial charge >= 0.3 is 11.5 Å². The first-order valence-electron chi connectivity index (χ1n) is 6.77. The average molecular weight is 293 g/mol. The molecule has 0 bridgehead atoms. The number of esters is 1. The third-order valence-corrected chi connectivity index (χ3v) is 3.42. The van der Waals surface area contributed by atoms with Crippen molar-refractivity contribution in [3.63, 3.8) is 0 Å². The van der Waals surface area contributed by atoms with E-state index < -0.39 is 16.4 Å². The van der Waals surface area contributed by atoms with E-state index in [4.69, 9.17) is 4.74 Å². The summed E-state index contributed by atoms with van der Waals surface area (Å²) in [7, 11) is 0. The molecule has 0 aliphatic heterocycles. The summed E-state index contributed by atoms with van der Waals surface area (Å²) < 4.78 is 5.09. The SMILES string of the molecule is CC[C@](CCC(C)=O)(C(=O)OCc1ccccc1)[N+](=O)[O-]. The predicted octanol–water partition coefficient (Wildman–Crippen LogP) is 2.52. The van der Waals surface area contributed by atoms with Gasteiger partial charge in [0.15, 0.2) is 0 Å². The summed E-state index contributed by atoms with van der Waals surface area (Å²) in [5, 5.41) is 11.3. The first-order chi connectivity index (χ1) is 9.92. The van der Waals surface area contributed by atoms with Crippen molar-refractivity contribution in [1.82, 2.24) is 0 Å². The smallest absolute Gasteiger partial charge is 0.385 e. The van der Waals surface area contributed by atoms with E-state index in [0.29, 0.717) is 0 Å². The van der Waals surface area contributed by atoms with E-state index >= 15 is 0 Å². The fourth-order valence-corrected chi connectivity index (χ4v) is 1.96. The van der Waals surface area contributed by atoms with E-state index in [2.05, 4.69) is 0 Å². The molecule has 6 nitrogen and oxygen atoms in total. The second-order valence-corrected chi connectivity index (χ2v) is 4.91. The Morgan fingerprint density at radius 3 is 2.38 bits per heavy atom. The number of carbonyl (C=O) groups is 2. The zero-order chi connectivity index (χ0) is 15.9. The number of nitro groups is 1. The molecule has 0 N–H and O–H groups in total. The van der Waals surface area contributed by atoms with Gasteiger partial charge in [-0.1, -0.05) is 37.3 Å². The van der Waals surface area contributed by atoms with Gasteiger partial charge in [0.2, 0.25) is 0 Å². The number of ether oxygens (including phenoxy) is 1. The molecule has 0 saturated heterocycles. The van der Waals surface area contributed by atoms with Gasteiger partial charge in [-0.2, -0.15) is 0 Å². The van der Waals surface area contributed by atoms with Crippen molar-refractivity contribution in [3.05, 3.63) is 46.0 Å². The summed E-state index contributed by atoms with van der Waals surface area (Å²) in [6.07, 6.45) is -0.171. The fraction of sp³-hybridized carbons (Fsp3) is 0.467. The summed E-state index contributed by atoms with van der Waals surface area (Å²) >= 11 is 0. The predicted molar refractivity (Wildman–Crippen MR) is 76.2 cm³/mol. The van der Waals surface area contributed by atoms with Crippen LogP contribution in [0.5, 0.6) is 0 Å². The van der Waals surface area contributed by atoms with Crippen LogP contribution in [0.2, 0.25) is 0 Å². The first-order valence-corrected chi connectivity index (χ1v) is 6.77. The Hall–Kier alpha value is -2.24. The second kappa shape index (κ2) is 7.52. The number of carbonyl (C=O) groups excluding carboxylic acids is 2. The zero-order valence-electron chi connectivity index (χ0n) is 12.2. The van der Waals surface area contributed by atoms with Gasteiger partial charge in [-0.25, -0.2) is 4.79 Å². The van der Waals surface area contributed by atoms with Crippen LogP contribution in [-0.2, 0) is 20.9 Å². The van der Waals surface area contributed by atoms with Crippen LogP contribution in [0.3, 0.4) is 0 Å². The normalized spacial score (nSPS) is 13.2. The molecule has 0 amide bonds. The topological polar surface area (TPSA) is 86.5 Å². The molecule has 114 valence electrons. The lowest BCUT2D eigenvalue weighted by Gasteiger charge is -2.21. The highest BCUT2D eigenvalue weighted by Gasteiger charge is 2.50. The van der Waals surface area contributed by atoms with Crippen LogP contribution in [0.25, 0.3) is 0 Å². The molecule has 0 spiro atoms. The molecule has 1 rings (SSSR count). The molecule has 0 aromatic heterocycles. The van der Waals surface area contributed by atoms with E-state index in [1.165, 1.54) is 6.92 Å². The lowest BCUT2D eigenvalue weighted by atomic mass is 9.90. The quantitative estimate of drug-likeness (QED) is 0.417. The number of benzene rings is 1.